The highest BCUT2D eigenvalue weighted by Crippen LogP contribution is 2.21. The normalized spacial score (nSPS) is 19.4. The van der Waals surface area contributed by atoms with Gasteiger partial charge in [0.2, 0.25) is 5.91 Å². The predicted molar refractivity (Wildman–Crippen MR) is 89.6 cm³/mol. The Morgan fingerprint density at radius 2 is 2.32 bits per heavy atom. The van der Waals surface area contributed by atoms with Crippen molar-refractivity contribution >= 4 is 16.8 Å². The highest BCUT2D eigenvalue weighted by atomic mass is 16.1. The molecule has 3 rings (SSSR count). The summed E-state index contributed by atoms with van der Waals surface area (Å²) in [6, 6.07) is 8.88. The molecule has 2 heterocycles. The third-order valence-electron chi connectivity index (χ3n) is 4.43. The van der Waals surface area contributed by atoms with Crippen molar-refractivity contribution in [3.8, 4) is 0 Å². The van der Waals surface area contributed by atoms with Crippen LogP contribution in [0.5, 0.6) is 0 Å². The summed E-state index contributed by atoms with van der Waals surface area (Å²) in [6.07, 6.45) is 5.80. The zero-order chi connectivity index (χ0) is 15.4. The lowest BCUT2D eigenvalue weighted by Gasteiger charge is -2.33. The fourth-order valence-electron chi connectivity index (χ4n) is 3.37. The molecule has 0 unspecified atom stereocenters. The SMILES string of the molecule is CCCC(=O)N[C@H]1CCCN(Cc2cccc3[nH]ccc23)C1. The molecule has 2 aromatic rings. The second kappa shape index (κ2) is 6.97. The maximum Gasteiger partial charge on any atom is 0.220 e. The maximum absolute atomic E-state index is 11.8. The molecule has 0 saturated carbocycles. The number of aromatic amines is 1. The third-order valence-corrected chi connectivity index (χ3v) is 4.43. The number of hydrogen-bond acceptors (Lipinski definition) is 2. The average Bonchev–Trinajstić information content (AvgIpc) is 2.97. The average molecular weight is 299 g/mol. The van der Waals surface area contributed by atoms with Crippen LogP contribution < -0.4 is 5.32 Å². The first-order valence-corrected chi connectivity index (χ1v) is 8.33. The molecular weight excluding hydrogens is 274 g/mol. The van der Waals surface area contributed by atoms with E-state index in [0.29, 0.717) is 12.5 Å². The standard InChI is InChI=1S/C18H25N3O/c1-2-5-18(22)20-15-7-4-11-21(13-15)12-14-6-3-8-17-16(14)9-10-19-17/h3,6,8-10,15,19H,2,4-5,7,11-13H2,1H3,(H,20,22)/t15-/m0/s1. The number of nitrogens with zero attached hydrogens (tertiary/aromatic N) is 1. The topological polar surface area (TPSA) is 48.1 Å². The largest absolute Gasteiger partial charge is 0.361 e. The smallest absolute Gasteiger partial charge is 0.220 e. The van der Waals surface area contributed by atoms with Crippen molar-refractivity contribution in [1.29, 1.82) is 0 Å². The fourth-order valence-corrected chi connectivity index (χ4v) is 3.37. The Morgan fingerprint density at radius 1 is 1.41 bits per heavy atom. The monoisotopic (exact) mass is 299 g/mol. The van der Waals surface area contributed by atoms with Gasteiger partial charge in [-0.15, -0.1) is 0 Å². The van der Waals surface area contributed by atoms with Crippen LogP contribution in [0.4, 0.5) is 0 Å². The third kappa shape index (κ3) is 3.50. The Labute approximate surface area is 131 Å². The van der Waals surface area contributed by atoms with E-state index in [1.165, 1.54) is 16.5 Å². The van der Waals surface area contributed by atoms with Crippen molar-refractivity contribution in [1.82, 2.24) is 15.2 Å². The summed E-state index contributed by atoms with van der Waals surface area (Å²) in [6.45, 7) is 5.07. The Kier molecular flexibility index (Phi) is 4.78. The molecule has 1 aromatic heterocycles. The first kappa shape index (κ1) is 15.1. The first-order chi connectivity index (χ1) is 10.8. The maximum atomic E-state index is 11.8. The summed E-state index contributed by atoms with van der Waals surface area (Å²) < 4.78 is 0. The minimum Gasteiger partial charge on any atom is -0.361 e. The van der Waals surface area contributed by atoms with E-state index in [0.717, 1.165) is 38.9 Å². The molecule has 22 heavy (non-hydrogen) atoms. The van der Waals surface area contributed by atoms with E-state index in [1.54, 1.807) is 0 Å². The fraction of sp³-hybridized carbons (Fsp3) is 0.500. The number of piperidine rings is 1. The summed E-state index contributed by atoms with van der Waals surface area (Å²) in [5.41, 5.74) is 2.56. The van der Waals surface area contributed by atoms with Crippen LogP contribution in [0.15, 0.2) is 30.5 Å². The number of benzene rings is 1. The molecule has 1 amide bonds. The number of carbonyl (C=O) groups is 1. The second-order valence-corrected chi connectivity index (χ2v) is 6.25. The van der Waals surface area contributed by atoms with Gasteiger partial charge < -0.3 is 10.3 Å². The van der Waals surface area contributed by atoms with Crippen LogP contribution in [0.25, 0.3) is 10.9 Å². The second-order valence-electron chi connectivity index (χ2n) is 6.25. The number of nitrogens with one attached hydrogen (secondary N) is 2. The van der Waals surface area contributed by atoms with Crippen LogP contribution in [0.3, 0.4) is 0 Å². The van der Waals surface area contributed by atoms with Crippen molar-refractivity contribution in [2.24, 2.45) is 0 Å². The number of aromatic nitrogens is 1. The van der Waals surface area contributed by atoms with Gasteiger partial charge in [-0.2, -0.15) is 0 Å². The van der Waals surface area contributed by atoms with Gasteiger partial charge >= 0.3 is 0 Å². The van der Waals surface area contributed by atoms with E-state index in [1.807, 2.05) is 13.1 Å². The highest BCUT2D eigenvalue weighted by Gasteiger charge is 2.21. The molecule has 0 bridgehead atoms. The zero-order valence-corrected chi connectivity index (χ0v) is 13.3. The molecule has 0 radical (unpaired) electrons. The van der Waals surface area contributed by atoms with Gasteiger partial charge in [0.15, 0.2) is 0 Å². The van der Waals surface area contributed by atoms with Crippen LogP contribution in [-0.4, -0.2) is 34.9 Å². The molecular formula is C18H25N3O. The summed E-state index contributed by atoms with van der Waals surface area (Å²) in [5.74, 6) is 0.196. The van der Waals surface area contributed by atoms with Gasteiger partial charge in [-0.05, 0) is 43.5 Å². The van der Waals surface area contributed by atoms with E-state index in [2.05, 4.69) is 39.5 Å². The molecule has 2 N–H and O–H groups in total. The molecule has 1 aliphatic heterocycles. The quantitative estimate of drug-likeness (QED) is 0.891. The Hall–Kier alpha value is -1.81. The number of likely N-dealkylation sites (tertiary alicyclic amines) is 1. The highest BCUT2D eigenvalue weighted by molar-refractivity contribution is 5.82. The Bertz CT molecular complexity index is 634. The van der Waals surface area contributed by atoms with Crippen LogP contribution in [0.2, 0.25) is 0 Å². The Balaban J connectivity index is 1.63. The van der Waals surface area contributed by atoms with Crippen LogP contribution in [-0.2, 0) is 11.3 Å². The van der Waals surface area contributed by atoms with Crippen LogP contribution in [0.1, 0.15) is 38.2 Å². The lowest BCUT2D eigenvalue weighted by atomic mass is 10.0. The van der Waals surface area contributed by atoms with Gasteiger partial charge in [-0.1, -0.05) is 19.1 Å². The zero-order valence-electron chi connectivity index (χ0n) is 13.3. The first-order valence-electron chi connectivity index (χ1n) is 8.33. The Morgan fingerprint density at radius 3 is 3.18 bits per heavy atom. The molecule has 4 heteroatoms. The van der Waals surface area contributed by atoms with Crippen molar-refractivity contribution in [3.63, 3.8) is 0 Å². The molecule has 1 fully saturated rings. The van der Waals surface area contributed by atoms with Crippen molar-refractivity contribution in [2.75, 3.05) is 13.1 Å². The van der Waals surface area contributed by atoms with Gasteiger partial charge in [0.25, 0.3) is 0 Å². The molecule has 118 valence electrons. The number of H-pyrrole nitrogens is 1. The summed E-state index contributed by atoms with van der Waals surface area (Å²) >= 11 is 0. The van der Waals surface area contributed by atoms with E-state index in [-0.39, 0.29) is 5.91 Å². The van der Waals surface area contributed by atoms with Gasteiger partial charge in [-0.3, -0.25) is 9.69 Å². The molecule has 0 aliphatic carbocycles. The van der Waals surface area contributed by atoms with Crippen LogP contribution >= 0.6 is 0 Å². The van der Waals surface area contributed by atoms with Crippen LogP contribution in [0, 0.1) is 0 Å². The van der Waals surface area contributed by atoms with Gasteiger partial charge in [-0.25, -0.2) is 0 Å². The number of rotatable bonds is 5. The van der Waals surface area contributed by atoms with E-state index in [9.17, 15) is 4.79 Å². The predicted octanol–water partition coefficient (Wildman–Crippen LogP) is 3.05. The van der Waals surface area contributed by atoms with Crippen molar-refractivity contribution < 1.29 is 4.79 Å². The minimum atomic E-state index is 0.196. The summed E-state index contributed by atoms with van der Waals surface area (Å²) in [5, 5.41) is 4.49. The molecule has 1 saturated heterocycles. The van der Waals surface area contributed by atoms with Gasteiger partial charge in [0, 0.05) is 42.7 Å². The number of hydrogen-bond donors (Lipinski definition) is 2. The van der Waals surface area contributed by atoms with Crippen molar-refractivity contribution in [3.05, 3.63) is 36.0 Å². The molecule has 1 aliphatic rings. The van der Waals surface area contributed by atoms with Gasteiger partial charge in [0.05, 0.1) is 0 Å². The lowest BCUT2D eigenvalue weighted by molar-refractivity contribution is -0.122. The summed E-state index contributed by atoms with van der Waals surface area (Å²) in [4.78, 5) is 17.5. The van der Waals surface area contributed by atoms with E-state index >= 15 is 0 Å². The summed E-state index contributed by atoms with van der Waals surface area (Å²) in [7, 11) is 0. The van der Waals surface area contributed by atoms with Gasteiger partial charge in [0.1, 0.15) is 0 Å². The molecule has 4 nitrogen and oxygen atoms in total. The number of fused-ring (bicyclic) bond motifs is 1. The molecule has 1 aromatic carbocycles. The number of amides is 1. The van der Waals surface area contributed by atoms with E-state index in [4.69, 9.17) is 0 Å². The molecule has 1 atom stereocenters. The lowest BCUT2D eigenvalue weighted by Crippen LogP contribution is -2.47. The number of carbonyl (C=O) groups excluding carboxylic acids is 1. The van der Waals surface area contributed by atoms with E-state index < -0.39 is 0 Å². The van der Waals surface area contributed by atoms with Crippen molar-refractivity contribution in [2.45, 2.75) is 45.2 Å². The minimum absolute atomic E-state index is 0.196. The molecule has 0 spiro atoms.